The van der Waals surface area contributed by atoms with Gasteiger partial charge in [-0.25, -0.2) is 4.39 Å². The number of carbonyl (C=O) groups excluding carboxylic acids is 1. The van der Waals surface area contributed by atoms with E-state index in [-0.39, 0.29) is 17.6 Å². The summed E-state index contributed by atoms with van der Waals surface area (Å²) < 4.78 is 13.7. The Morgan fingerprint density at radius 3 is 2.75 bits per heavy atom. The summed E-state index contributed by atoms with van der Waals surface area (Å²) in [6, 6.07) is 6.98. The van der Waals surface area contributed by atoms with E-state index in [0.29, 0.717) is 24.7 Å². The molecular formula is C16H23FN2O. The van der Waals surface area contributed by atoms with Crippen LogP contribution in [-0.4, -0.2) is 23.4 Å². The zero-order chi connectivity index (χ0) is 14.5. The SMILES string of the molecule is CC(CCCN)C(=O)N(Cc1ccccc1F)C1CC1. The van der Waals surface area contributed by atoms with Crippen LogP contribution in [0, 0.1) is 11.7 Å². The second-order valence-electron chi connectivity index (χ2n) is 5.62. The van der Waals surface area contributed by atoms with Crippen molar-refractivity contribution in [3.8, 4) is 0 Å². The van der Waals surface area contributed by atoms with Gasteiger partial charge < -0.3 is 10.6 Å². The first-order valence-electron chi connectivity index (χ1n) is 7.37. The Labute approximate surface area is 120 Å². The molecule has 110 valence electrons. The lowest BCUT2D eigenvalue weighted by atomic mass is 10.0. The van der Waals surface area contributed by atoms with Gasteiger partial charge in [-0.3, -0.25) is 4.79 Å². The van der Waals surface area contributed by atoms with E-state index in [1.807, 2.05) is 17.9 Å². The molecule has 1 aromatic rings. The number of hydrogen-bond donors (Lipinski definition) is 1. The van der Waals surface area contributed by atoms with Crippen molar-refractivity contribution in [2.75, 3.05) is 6.54 Å². The molecule has 1 aliphatic rings. The molecular weight excluding hydrogens is 255 g/mol. The molecule has 2 rings (SSSR count). The quantitative estimate of drug-likeness (QED) is 0.833. The molecule has 0 saturated heterocycles. The third-order valence-electron chi connectivity index (χ3n) is 3.83. The maximum absolute atomic E-state index is 13.7. The molecule has 1 unspecified atom stereocenters. The van der Waals surface area contributed by atoms with Crippen molar-refractivity contribution in [1.29, 1.82) is 0 Å². The molecule has 4 heteroatoms. The molecule has 0 heterocycles. The van der Waals surface area contributed by atoms with E-state index in [9.17, 15) is 9.18 Å². The summed E-state index contributed by atoms with van der Waals surface area (Å²) in [6.45, 7) is 2.92. The van der Waals surface area contributed by atoms with Gasteiger partial charge in [0, 0.05) is 24.1 Å². The minimum absolute atomic E-state index is 0.0362. The Kier molecular flexibility index (Phi) is 5.12. The van der Waals surface area contributed by atoms with Crippen molar-refractivity contribution >= 4 is 5.91 Å². The van der Waals surface area contributed by atoms with Crippen molar-refractivity contribution in [3.05, 3.63) is 35.6 Å². The molecule has 0 radical (unpaired) electrons. The molecule has 1 aliphatic carbocycles. The van der Waals surface area contributed by atoms with E-state index in [4.69, 9.17) is 5.73 Å². The van der Waals surface area contributed by atoms with Gasteiger partial charge in [-0.05, 0) is 38.3 Å². The van der Waals surface area contributed by atoms with Gasteiger partial charge in [-0.1, -0.05) is 25.1 Å². The van der Waals surface area contributed by atoms with Crippen molar-refractivity contribution in [2.24, 2.45) is 11.7 Å². The number of nitrogens with zero attached hydrogens (tertiary/aromatic N) is 1. The average molecular weight is 278 g/mol. The maximum atomic E-state index is 13.7. The van der Waals surface area contributed by atoms with Gasteiger partial charge in [-0.15, -0.1) is 0 Å². The second kappa shape index (κ2) is 6.84. The molecule has 3 nitrogen and oxygen atoms in total. The molecule has 0 spiro atoms. The highest BCUT2D eigenvalue weighted by Crippen LogP contribution is 2.30. The van der Waals surface area contributed by atoms with Crippen LogP contribution in [0.15, 0.2) is 24.3 Å². The third-order valence-corrected chi connectivity index (χ3v) is 3.83. The molecule has 0 bridgehead atoms. The fourth-order valence-corrected chi connectivity index (χ4v) is 2.41. The van der Waals surface area contributed by atoms with Crippen LogP contribution in [0.4, 0.5) is 4.39 Å². The van der Waals surface area contributed by atoms with E-state index in [1.165, 1.54) is 6.07 Å². The molecule has 1 amide bonds. The van der Waals surface area contributed by atoms with Gasteiger partial charge in [0.1, 0.15) is 5.82 Å². The number of nitrogens with two attached hydrogens (primary N) is 1. The Hall–Kier alpha value is -1.42. The fourth-order valence-electron chi connectivity index (χ4n) is 2.41. The summed E-state index contributed by atoms with van der Waals surface area (Å²) in [4.78, 5) is 14.4. The number of rotatable bonds is 7. The van der Waals surface area contributed by atoms with Crippen molar-refractivity contribution in [3.63, 3.8) is 0 Å². The topological polar surface area (TPSA) is 46.3 Å². The monoisotopic (exact) mass is 278 g/mol. The van der Waals surface area contributed by atoms with Gasteiger partial charge in [0.05, 0.1) is 0 Å². The van der Waals surface area contributed by atoms with Crippen molar-refractivity contribution in [2.45, 2.75) is 45.2 Å². The molecule has 0 aliphatic heterocycles. The summed E-state index contributed by atoms with van der Waals surface area (Å²) in [5, 5.41) is 0. The summed E-state index contributed by atoms with van der Waals surface area (Å²) in [5.41, 5.74) is 6.09. The normalized spacial score (nSPS) is 15.9. The molecule has 1 saturated carbocycles. The molecule has 0 aromatic heterocycles. The summed E-state index contributed by atoms with van der Waals surface area (Å²) in [5.74, 6) is -0.143. The van der Waals surface area contributed by atoms with E-state index in [2.05, 4.69) is 0 Å². The van der Waals surface area contributed by atoms with Crippen molar-refractivity contribution < 1.29 is 9.18 Å². The van der Waals surface area contributed by atoms with Crippen LogP contribution < -0.4 is 5.73 Å². The molecule has 1 atom stereocenters. The Morgan fingerprint density at radius 1 is 1.45 bits per heavy atom. The minimum atomic E-state index is -0.236. The fraction of sp³-hybridized carbons (Fsp3) is 0.562. The maximum Gasteiger partial charge on any atom is 0.225 e. The van der Waals surface area contributed by atoms with E-state index < -0.39 is 0 Å². The average Bonchev–Trinajstić information content (AvgIpc) is 3.27. The third kappa shape index (κ3) is 3.79. The minimum Gasteiger partial charge on any atom is -0.335 e. The number of carbonyl (C=O) groups is 1. The highest BCUT2D eigenvalue weighted by Gasteiger charge is 2.34. The van der Waals surface area contributed by atoms with Gasteiger partial charge in [0.25, 0.3) is 0 Å². The first kappa shape index (κ1) is 15.0. The zero-order valence-corrected chi connectivity index (χ0v) is 12.0. The van der Waals surface area contributed by atoms with Crippen LogP contribution in [0.1, 0.15) is 38.2 Å². The predicted octanol–water partition coefficient (Wildman–Crippen LogP) is 2.69. The zero-order valence-electron chi connectivity index (χ0n) is 12.0. The second-order valence-corrected chi connectivity index (χ2v) is 5.62. The number of hydrogen-bond acceptors (Lipinski definition) is 2. The lowest BCUT2D eigenvalue weighted by Gasteiger charge is -2.26. The van der Waals surface area contributed by atoms with Gasteiger partial charge in [0.15, 0.2) is 0 Å². The first-order valence-corrected chi connectivity index (χ1v) is 7.37. The molecule has 20 heavy (non-hydrogen) atoms. The number of amides is 1. The smallest absolute Gasteiger partial charge is 0.225 e. The van der Waals surface area contributed by atoms with Crippen LogP contribution in [0.5, 0.6) is 0 Å². The molecule has 1 aromatic carbocycles. The first-order chi connectivity index (χ1) is 9.63. The van der Waals surface area contributed by atoms with Crippen molar-refractivity contribution in [1.82, 2.24) is 4.90 Å². The van der Waals surface area contributed by atoms with Gasteiger partial charge in [-0.2, -0.15) is 0 Å². The van der Waals surface area contributed by atoms with E-state index in [0.717, 1.165) is 25.7 Å². The van der Waals surface area contributed by atoms with E-state index >= 15 is 0 Å². The standard InChI is InChI=1S/C16H23FN2O/c1-12(5-4-10-18)16(20)19(14-8-9-14)11-13-6-2-3-7-15(13)17/h2-3,6-7,12,14H,4-5,8-11,18H2,1H3. The Morgan fingerprint density at radius 2 is 2.15 bits per heavy atom. The van der Waals surface area contributed by atoms with Gasteiger partial charge in [0.2, 0.25) is 5.91 Å². The van der Waals surface area contributed by atoms with E-state index in [1.54, 1.807) is 12.1 Å². The Bertz CT molecular complexity index is 460. The van der Waals surface area contributed by atoms with Crippen LogP contribution >= 0.6 is 0 Å². The number of benzene rings is 1. The Balaban J connectivity index is 2.04. The lowest BCUT2D eigenvalue weighted by Crippen LogP contribution is -2.36. The van der Waals surface area contributed by atoms with Gasteiger partial charge >= 0.3 is 0 Å². The lowest BCUT2D eigenvalue weighted by molar-refractivity contribution is -0.136. The summed E-state index contributed by atoms with van der Waals surface area (Å²) in [6.07, 6.45) is 3.72. The van der Waals surface area contributed by atoms with Crippen LogP contribution in [0.2, 0.25) is 0 Å². The van der Waals surface area contributed by atoms with Crippen LogP contribution in [0.25, 0.3) is 0 Å². The highest BCUT2D eigenvalue weighted by atomic mass is 19.1. The number of halogens is 1. The molecule has 2 N–H and O–H groups in total. The largest absolute Gasteiger partial charge is 0.335 e. The van der Waals surface area contributed by atoms with Crippen LogP contribution in [-0.2, 0) is 11.3 Å². The predicted molar refractivity (Wildman–Crippen MR) is 77.4 cm³/mol. The molecule has 1 fully saturated rings. The summed E-state index contributed by atoms with van der Waals surface area (Å²) in [7, 11) is 0. The van der Waals surface area contributed by atoms with Crippen LogP contribution in [0.3, 0.4) is 0 Å². The highest BCUT2D eigenvalue weighted by molar-refractivity contribution is 5.79. The summed E-state index contributed by atoms with van der Waals surface area (Å²) >= 11 is 0.